The van der Waals surface area contributed by atoms with Crippen molar-refractivity contribution in [1.29, 1.82) is 0 Å². The number of nitrogens with zero attached hydrogens (tertiary/aromatic N) is 2. The molecule has 2 N–H and O–H groups in total. The van der Waals surface area contributed by atoms with Crippen LogP contribution in [0.2, 0.25) is 0 Å². The van der Waals surface area contributed by atoms with E-state index in [0.717, 1.165) is 5.56 Å². The van der Waals surface area contributed by atoms with E-state index in [1.165, 1.54) is 6.07 Å². The fourth-order valence-electron chi connectivity index (χ4n) is 1.08. The zero-order chi connectivity index (χ0) is 9.97. The molecule has 0 saturated carbocycles. The van der Waals surface area contributed by atoms with Crippen molar-refractivity contribution in [3.05, 3.63) is 36.3 Å². The molecule has 0 fully saturated rings. The summed E-state index contributed by atoms with van der Waals surface area (Å²) in [7, 11) is 0. The van der Waals surface area contributed by atoms with Crippen molar-refractivity contribution in [2.45, 2.75) is 0 Å². The maximum atomic E-state index is 10.5. The molecular weight excluding hydrogens is 182 g/mol. The molecule has 0 aliphatic heterocycles. The molecule has 2 aromatic rings. The molecule has 14 heavy (non-hydrogen) atoms. The fraction of sp³-hybridized carbons (Fsp3) is 0. The van der Waals surface area contributed by atoms with E-state index in [1.807, 2.05) is 6.07 Å². The van der Waals surface area contributed by atoms with Gasteiger partial charge >= 0.3 is 5.97 Å². The minimum Gasteiger partial charge on any atom is -0.476 e. The summed E-state index contributed by atoms with van der Waals surface area (Å²) in [5.74, 6) is -1.07. The van der Waals surface area contributed by atoms with Gasteiger partial charge in [-0.15, -0.1) is 10.2 Å². The Morgan fingerprint density at radius 1 is 1.29 bits per heavy atom. The number of aromatic nitrogens is 3. The predicted octanol–water partition coefficient (Wildman–Crippen LogP) is 1.17. The highest BCUT2D eigenvalue weighted by Crippen LogP contribution is 2.14. The Morgan fingerprint density at radius 3 is 2.64 bits per heavy atom. The first kappa shape index (κ1) is 8.43. The Kier molecular flexibility index (Phi) is 1.98. The van der Waals surface area contributed by atoms with E-state index in [-0.39, 0.29) is 5.69 Å². The normalized spacial score (nSPS) is 10.0. The van der Waals surface area contributed by atoms with Crippen molar-refractivity contribution in [2.24, 2.45) is 0 Å². The third-order valence-corrected chi connectivity index (χ3v) is 1.78. The quantitative estimate of drug-likeness (QED) is 0.743. The summed E-state index contributed by atoms with van der Waals surface area (Å²) in [6, 6.07) is 4.89. The summed E-state index contributed by atoms with van der Waals surface area (Å²) < 4.78 is 0. The molecule has 0 bridgehead atoms. The van der Waals surface area contributed by atoms with E-state index in [4.69, 9.17) is 5.11 Å². The first-order valence-electron chi connectivity index (χ1n) is 3.97. The Labute approximate surface area is 79.4 Å². The van der Waals surface area contributed by atoms with Gasteiger partial charge in [0.2, 0.25) is 0 Å². The Morgan fingerprint density at radius 2 is 2.14 bits per heavy atom. The van der Waals surface area contributed by atoms with Crippen LogP contribution in [0.15, 0.2) is 30.6 Å². The lowest BCUT2D eigenvalue weighted by Crippen LogP contribution is -2.01. The van der Waals surface area contributed by atoms with Crippen molar-refractivity contribution >= 4 is 5.97 Å². The van der Waals surface area contributed by atoms with E-state index in [9.17, 15) is 4.79 Å². The van der Waals surface area contributed by atoms with Crippen LogP contribution in [0.5, 0.6) is 0 Å². The number of carboxylic acids is 1. The van der Waals surface area contributed by atoms with Gasteiger partial charge in [0.1, 0.15) is 0 Å². The molecule has 5 nitrogen and oxygen atoms in total. The molecule has 0 spiro atoms. The summed E-state index contributed by atoms with van der Waals surface area (Å²) in [5.41, 5.74) is 1.48. The lowest BCUT2D eigenvalue weighted by molar-refractivity contribution is 0.0689. The van der Waals surface area contributed by atoms with Gasteiger partial charge in [-0.05, 0) is 18.2 Å². The van der Waals surface area contributed by atoms with Crippen LogP contribution < -0.4 is 0 Å². The van der Waals surface area contributed by atoms with Crippen LogP contribution in [0.4, 0.5) is 0 Å². The maximum absolute atomic E-state index is 10.5. The van der Waals surface area contributed by atoms with Gasteiger partial charge in [0, 0.05) is 18.0 Å². The van der Waals surface area contributed by atoms with Gasteiger partial charge in [-0.25, -0.2) is 4.79 Å². The van der Waals surface area contributed by atoms with E-state index in [2.05, 4.69) is 15.2 Å². The maximum Gasteiger partial charge on any atom is 0.356 e. The Hall–Kier alpha value is -2.17. The van der Waals surface area contributed by atoms with Gasteiger partial charge in [-0.1, -0.05) is 0 Å². The van der Waals surface area contributed by atoms with Crippen LogP contribution in [0.25, 0.3) is 11.3 Å². The Bertz CT molecular complexity index is 434. The van der Waals surface area contributed by atoms with E-state index in [0.29, 0.717) is 5.69 Å². The van der Waals surface area contributed by atoms with Crippen molar-refractivity contribution in [3.8, 4) is 11.3 Å². The summed E-state index contributed by atoms with van der Waals surface area (Å²) in [6.45, 7) is 0. The van der Waals surface area contributed by atoms with E-state index in [1.54, 1.807) is 18.5 Å². The van der Waals surface area contributed by atoms with Gasteiger partial charge in [0.05, 0.1) is 5.69 Å². The SMILES string of the molecule is O=C(O)c1ccc(-c2cc[nH]c2)nn1. The second-order valence-electron chi connectivity index (χ2n) is 2.71. The topological polar surface area (TPSA) is 78.9 Å². The van der Waals surface area contributed by atoms with E-state index >= 15 is 0 Å². The van der Waals surface area contributed by atoms with Crippen LogP contribution in [-0.2, 0) is 0 Å². The average Bonchev–Trinajstić information content (AvgIpc) is 2.71. The predicted molar refractivity (Wildman–Crippen MR) is 48.8 cm³/mol. The van der Waals surface area contributed by atoms with E-state index < -0.39 is 5.97 Å². The second-order valence-corrected chi connectivity index (χ2v) is 2.71. The molecule has 0 aliphatic rings. The van der Waals surface area contributed by atoms with Crippen LogP contribution in [0.3, 0.4) is 0 Å². The molecular formula is C9H7N3O2. The number of carbonyl (C=O) groups is 1. The number of carboxylic acid groups (broad SMARTS) is 1. The number of rotatable bonds is 2. The number of H-pyrrole nitrogens is 1. The highest BCUT2D eigenvalue weighted by Gasteiger charge is 2.05. The lowest BCUT2D eigenvalue weighted by atomic mass is 10.2. The first-order valence-corrected chi connectivity index (χ1v) is 3.97. The number of aromatic carboxylic acids is 1. The second kappa shape index (κ2) is 3.29. The highest BCUT2D eigenvalue weighted by molar-refractivity contribution is 5.85. The van der Waals surface area contributed by atoms with Crippen LogP contribution in [-0.4, -0.2) is 26.3 Å². The number of nitrogens with one attached hydrogen (secondary N) is 1. The van der Waals surface area contributed by atoms with Crippen molar-refractivity contribution in [1.82, 2.24) is 15.2 Å². The molecule has 0 aromatic carbocycles. The number of aromatic amines is 1. The van der Waals surface area contributed by atoms with Gasteiger partial charge in [-0.3, -0.25) is 0 Å². The molecule has 0 radical (unpaired) electrons. The molecule has 0 unspecified atom stereocenters. The molecule has 0 aliphatic carbocycles. The molecule has 2 aromatic heterocycles. The van der Waals surface area contributed by atoms with Gasteiger partial charge in [-0.2, -0.15) is 0 Å². The smallest absolute Gasteiger partial charge is 0.356 e. The summed E-state index contributed by atoms with van der Waals surface area (Å²) in [4.78, 5) is 13.4. The molecule has 0 atom stereocenters. The molecule has 2 rings (SSSR count). The third-order valence-electron chi connectivity index (χ3n) is 1.78. The minimum atomic E-state index is -1.07. The zero-order valence-corrected chi connectivity index (χ0v) is 7.14. The first-order chi connectivity index (χ1) is 6.77. The van der Waals surface area contributed by atoms with Crippen LogP contribution in [0, 0.1) is 0 Å². The monoisotopic (exact) mass is 189 g/mol. The summed E-state index contributed by atoms with van der Waals surface area (Å²) in [6.07, 6.45) is 3.53. The number of hydrogen-bond acceptors (Lipinski definition) is 3. The molecule has 2 heterocycles. The lowest BCUT2D eigenvalue weighted by Gasteiger charge is -1.95. The fourth-order valence-corrected chi connectivity index (χ4v) is 1.08. The third kappa shape index (κ3) is 1.47. The highest BCUT2D eigenvalue weighted by atomic mass is 16.4. The minimum absolute atomic E-state index is 0.0516. The summed E-state index contributed by atoms with van der Waals surface area (Å²) in [5, 5.41) is 16.0. The number of hydrogen-bond donors (Lipinski definition) is 2. The zero-order valence-electron chi connectivity index (χ0n) is 7.14. The van der Waals surface area contributed by atoms with Gasteiger partial charge in [0.25, 0.3) is 0 Å². The molecule has 70 valence electrons. The van der Waals surface area contributed by atoms with Gasteiger partial charge < -0.3 is 10.1 Å². The standard InChI is InChI=1S/C9H7N3O2/c13-9(14)8-2-1-7(11-12-8)6-3-4-10-5-6/h1-5,10H,(H,13,14). The van der Waals surface area contributed by atoms with Gasteiger partial charge in [0.15, 0.2) is 5.69 Å². The van der Waals surface area contributed by atoms with Crippen molar-refractivity contribution in [2.75, 3.05) is 0 Å². The van der Waals surface area contributed by atoms with Crippen molar-refractivity contribution in [3.63, 3.8) is 0 Å². The Balaban J connectivity index is 2.36. The summed E-state index contributed by atoms with van der Waals surface area (Å²) >= 11 is 0. The van der Waals surface area contributed by atoms with Crippen LogP contribution in [0.1, 0.15) is 10.5 Å². The van der Waals surface area contributed by atoms with Crippen LogP contribution >= 0.6 is 0 Å². The molecule has 0 saturated heterocycles. The largest absolute Gasteiger partial charge is 0.476 e. The molecule has 0 amide bonds. The molecule has 5 heteroatoms. The average molecular weight is 189 g/mol. The van der Waals surface area contributed by atoms with Crippen molar-refractivity contribution < 1.29 is 9.90 Å².